The smallest absolute Gasteiger partial charge is 0.256 e. The number of nitrogens with two attached hydrogens (primary N) is 1. The van der Waals surface area contributed by atoms with Gasteiger partial charge < -0.3 is 16.4 Å². The van der Waals surface area contributed by atoms with E-state index in [4.69, 9.17) is 5.73 Å². The van der Waals surface area contributed by atoms with Gasteiger partial charge in [-0.15, -0.1) is 0 Å². The average Bonchev–Trinajstić information content (AvgIpc) is 2.73. The van der Waals surface area contributed by atoms with Crippen LogP contribution in [0.4, 0.5) is 17.1 Å². The largest absolute Gasteiger partial charge is 0.397 e. The molecule has 2 aromatic heterocycles. The van der Waals surface area contributed by atoms with Crippen LogP contribution in [0.15, 0.2) is 66.8 Å². The van der Waals surface area contributed by atoms with Gasteiger partial charge in [0.05, 0.1) is 17.6 Å². The number of rotatable bonds is 4. The molecule has 0 saturated heterocycles. The van der Waals surface area contributed by atoms with Gasteiger partial charge in [-0.05, 0) is 47.9 Å². The number of nitrogen functional groups attached to an aromatic ring is 1. The van der Waals surface area contributed by atoms with E-state index in [2.05, 4.69) is 27.5 Å². The summed E-state index contributed by atoms with van der Waals surface area (Å²) in [5, 5.41) is 6.38. The fourth-order valence-corrected chi connectivity index (χ4v) is 3.40. The maximum absolute atomic E-state index is 13.1. The van der Waals surface area contributed by atoms with E-state index in [-0.39, 0.29) is 5.91 Å². The minimum atomic E-state index is -0.129. The summed E-state index contributed by atoms with van der Waals surface area (Å²) in [5.74, 6) is -0.129. The predicted octanol–water partition coefficient (Wildman–Crippen LogP) is 3.95. The molecule has 0 aliphatic carbocycles. The molecule has 3 aromatic rings. The number of carbonyl (C=O) groups excluding carboxylic acids is 1. The van der Waals surface area contributed by atoms with Crippen LogP contribution >= 0.6 is 0 Å². The number of pyridine rings is 2. The molecule has 0 radical (unpaired) electrons. The highest BCUT2D eigenvalue weighted by Gasteiger charge is 2.24. The molecule has 1 aliphatic heterocycles. The van der Waals surface area contributed by atoms with E-state index in [0.717, 1.165) is 34.4 Å². The molecular formula is C22H21N5O. The summed E-state index contributed by atoms with van der Waals surface area (Å²) in [5.41, 5.74) is 12.6. The molecule has 4 N–H and O–H groups in total. The van der Waals surface area contributed by atoms with E-state index in [1.807, 2.05) is 30.3 Å². The monoisotopic (exact) mass is 371 g/mol. The van der Waals surface area contributed by atoms with E-state index in [1.165, 1.54) is 0 Å². The van der Waals surface area contributed by atoms with Gasteiger partial charge in [0.15, 0.2) is 0 Å². The SMILES string of the molecule is CCC1=C(C(=O)Nc2cccnc2)c2cc(-c3cncc(N)c3)ccc2NC1. The molecule has 0 saturated carbocycles. The Balaban J connectivity index is 1.77. The topological polar surface area (TPSA) is 92.9 Å². The highest BCUT2D eigenvalue weighted by molar-refractivity contribution is 6.28. The molecule has 3 heterocycles. The van der Waals surface area contributed by atoms with Gasteiger partial charge in [-0.2, -0.15) is 0 Å². The molecule has 1 amide bonds. The number of carbonyl (C=O) groups is 1. The molecule has 6 heteroatoms. The second-order valence-corrected chi connectivity index (χ2v) is 6.65. The predicted molar refractivity (Wildman–Crippen MR) is 113 cm³/mol. The van der Waals surface area contributed by atoms with Crippen LogP contribution in [0.5, 0.6) is 0 Å². The Labute approximate surface area is 163 Å². The molecule has 0 fully saturated rings. The van der Waals surface area contributed by atoms with Gasteiger partial charge in [-0.25, -0.2) is 0 Å². The third kappa shape index (κ3) is 3.44. The van der Waals surface area contributed by atoms with Gasteiger partial charge in [-0.3, -0.25) is 14.8 Å². The third-order valence-corrected chi connectivity index (χ3v) is 4.80. The lowest BCUT2D eigenvalue weighted by molar-refractivity contribution is -0.111. The number of fused-ring (bicyclic) bond motifs is 1. The van der Waals surface area contributed by atoms with Crippen molar-refractivity contribution in [3.05, 3.63) is 72.3 Å². The van der Waals surface area contributed by atoms with Crippen LogP contribution in [0.2, 0.25) is 0 Å². The first-order valence-corrected chi connectivity index (χ1v) is 9.18. The highest BCUT2D eigenvalue weighted by atomic mass is 16.1. The number of hydrogen-bond donors (Lipinski definition) is 3. The molecule has 1 aliphatic rings. The zero-order valence-electron chi connectivity index (χ0n) is 15.6. The minimum absolute atomic E-state index is 0.129. The molecule has 1 aromatic carbocycles. The number of nitrogens with one attached hydrogen (secondary N) is 2. The van der Waals surface area contributed by atoms with Gasteiger partial charge in [0.2, 0.25) is 0 Å². The fraction of sp³-hybridized carbons (Fsp3) is 0.136. The second kappa shape index (κ2) is 7.52. The lowest BCUT2D eigenvalue weighted by atomic mass is 9.90. The molecule has 0 spiro atoms. The Morgan fingerprint density at radius 3 is 2.79 bits per heavy atom. The zero-order valence-corrected chi connectivity index (χ0v) is 15.6. The summed E-state index contributed by atoms with van der Waals surface area (Å²) >= 11 is 0. The van der Waals surface area contributed by atoms with Crippen molar-refractivity contribution < 1.29 is 4.79 Å². The molecule has 0 bridgehead atoms. The van der Waals surface area contributed by atoms with Crippen LogP contribution in [-0.4, -0.2) is 22.4 Å². The summed E-state index contributed by atoms with van der Waals surface area (Å²) in [6, 6.07) is 11.5. The molecule has 6 nitrogen and oxygen atoms in total. The standard InChI is InChI=1S/C22H21N5O/c1-2-14-11-26-20-6-5-15(16-8-17(23)12-25-10-16)9-19(20)21(14)22(28)27-18-4-3-7-24-13-18/h3-10,12-13,26H,2,11,23H2,1H3,(H,27,28). The molecular weight excluding hydrogens is 350 g/mol. The van der Waals surface area contributed by atoms with Crippen LogP contribution in [0, 0.1) is 0 Å². The Bertz CT molecular complexity index is 1060. The van der Waals surface area contributed by atoms with Crippen LogP contribution < -0.4 is 16.4 Å². The maximum atomic E-state index is 13.1. The first-order valence-electron chi connectivity index (χ1n) is 9.18. The van der Waals surface area contributed by atoms with Crippen LogP contribution in [0.1, 0.15) is 18.9 Å². The Morgan fingerprint density at radius 2 is 2.04 bits per heavy atom. The lowest BCUT2D eigenvalue weighted by Crippen LogP contribution is -2.22. The summed E-state index contributed by atoms with van der Waals surface area (Å²) in [4.78, 5) is 21.4. The lowest BCUT2D eigenvalue weighted by Gasteiger charge is -2.24. The second-order valence-electron chi connectivity index (χ2n) is 6.65. The minimum Gasteiger partial charge on any atom is -0.397 e. The van der Waals surface area contributed by atoms with Crippen LogP contribution in [-0.2, 0) is 4.79 Å². The van der Waals surface area contributed by atoms with Gasteiger partial charge in [0.25, 0.3) is 5.91 Å². The fourth-order valence-electron chi connectivity index (χ4n) is 3.40. The van der Waals surface area contributed by atoms with E-state index >= 15 is 0 Å². The van der Waals surface area contributed by atoms with Crippen molar-refractivity contribution in [2.75, 3.05) is 22.9 Å². The normalized spacial score (nSPS) is 12.9. The van der Waals surface area contributed by atoms with E-state index in [0.29, 0.717) is 23.5 Å². The number of hydrogen-bond acceptors (Lipinski definition) is 5. The Hall–Kier alpha value is -3.67. The maximum Gasteiger partial charge on any atom is 0.256 e. The van der Waals surface area contributed by atoms with E-state index in [1.54, 1.807) is 30.9 Å². The summed E-state index contributed by atoms with van der Waals surface area (Å²) < 4.78 is 0. The van der Waals surface area contributed by atoms with Crippen molar-refractivity contribution in [1.29, 1.82) is 0 Å². The van der Waals surface area contributed by atoms with Crippen molar-refractivity contribution in [2.24, 2.45) is 0 Å². The molecule has 4 rings (SSSR count). The average molecular weight is 371 g/mol. The van der Waals surface area contributed by atoms with Gasteiger partial charge >= 0.3 is 0 Å². The van der Waals surface area contributed by atoms with Crippen molar-refractivity contribution >= 4 is 28.5 Å². The molecule has 0 unspecified atom stereocenters. The van der Waals surface area contributed by atoms with Gasteiger partial charge in [0, 0.05) is 47.5 Å². The van der Waals surface area contributed by atoms with Crippen molar-refractivity contribution in [3.8, 4) is 11.1 Å². The van der Waals surface area contributed by atoms with Crippen molar-refractivity contribution in [3.63, 3.8) is 0 Å². The summed E-state index contributed by atoms with van der Waals surface area (Å²) in [6.45, 7) is 2.71. The number of nitrogens with zero attached hydrogens (tertiary/aromatic N) is 2. The first kappa shape index (κ1) is 17.7. The Morgan fingerprint density at radius 1 is 1.14 bits per heavy atom. The van der Waals surface area contributed by atoms with E-state index in [9.17, 15) is 4.79 Å². The molecule has 28 heavy (non-hydrogen) atoms. The zero-order chi connectivity index (χ0) is 19.5. The van der Waals surface area contributed by atoms with Gasteiger partial charge in [0.1, 0.15) is 0 Å². The first-order chi connectivity index (χ1) is 13.7. The molecule has 0 atom stereocenters. The Kier molecular flexibility index (Phi) is 4.76. The summed E-state index contributed by atoms with van der Waals surface area (Å²) in [7, 11) is 0. The number of aromatic nitrogens is 2. The third-order valence-electron chi connectivity index (χ3n) is 4.80. The van der Waals surface area contributed by atoms with Crippen LogP contribution in [0.25, 0.3) is 16.7 Å². The van der Waals surface area contributed by atoms with Crippen molar-refractivity contribution in [2.45, 2.75) is 13.3 Å². The van der Waals surface area contributed by atoms with Crippen LogP contribution in [0.3, 0.4) is 0 Å². The van der Waals surface area contributed by atoms with E-state index < -0.39 is 0 Å². The molecule has 140 valence electrons. The quantitative estimate of drug-likeness (QED) is 0.646. The number of benzene rings is 1. The van der Waals surface area contributed by atoms with Gasteiger partial charge in [-0.1, -0.05) is 13.0 Å². The summed E-state index contributed by atoms with van der Waals surface area (Å²) in [6.07, 6.45) is 7.49. The van der Waals surface area contributed by atoms with Crippen molar-refractivity contribution in [1.82, 2.24) is 9.97 Å². The number of anilines is 3. The number of amides is 1. The highest BCUT2D eigenvalue weighted by Crippen LogP contribution is 2.36.